The van der Waals surface area contributed by atoms with Crippen molar-refractivity contribution in [3.8, 4) is 10.4 Å². The van der Waals surface area contributed by atoms with Crippen molar-refractivity contribution in [1.82, 2.24) is 9.97 Å². The number of hydrogen-bond donors (Lipinski definition) is 0. The van der Waals surface area contributed by atoms with E-state index in [2.05, 4.69) is 72.7 Å². The summed E-state index contributed by atoms with van der Waals surface area (Å²) in [7, 11) is 4.14. The molecule has 2 heterocycles. The van der Waals surface area contributed by atoms with Gasteiger partial charge in [0.05, 0.1) is 9.88 Å². The van der Waals surface area contributed by atoms with Crippen molar-refractivity contribution in [3.05, 3.63) is 71.6 Å². The number of fused-ring (bicyclic) bond motifs is 3. The zero-order valence-corrected chi connectivity index (χ0v) is 25.9. The number of thiazole rings is 1. The van der Waals surface area contributed by atoms with Gasteiger partial charge in [-0.3, -0.25) is 0 Å². The van der Waals surface area contributed by atoms with Gasteiger partial charge < -0.3 is 9.80 Å². The van der Waals surface area contributed by atoms with Crippen LogP contribution in [0.3, 0.4) is 0 Å². The molecular weight excluding hydrogens is 520 g/mol. The van der Waals surface area contributed by atoms with Crippen molar-refractivity contribution in [3.63, 3.8) is 0 Å². The molecule has 0 N–H and O–H groups in total. The van der Waals surface area contributed by atoms with Crippen LogP contribution in [-0.2, 0) is 5.41 Å². The highest BCUT2D eigenvalue weighted by Crippen LogP contribution is 2.58. The highest BCUT2D eigenvalue weighted by atomic mass is 32.1. The predicted molar refractivity (Wildman–Crippen MR) is 173 cm³/mol. The van der Waals surface area contributed by atoms with E-state index in [1.165, 1.54) is 116 Å². The Morgan fingerprint density at radius 2 is 1.66 bits per heavy atom. The van der Waals surface area contributed by atoms with Gasteiger partial charge in [-0.1, -0.05) is 44.0 Å². The largest absolute Gasteiger partial charge is 0.363 e. The average molecular weight is 567 g/mol. The maximum absolute atomic E-state index is 4.82. The van der Waals surface area contributed by atoms with Crippen molar-refractivity contribution < 1.29 is 0 Å². The summed E-state index contributed by atoms with van der Waals surface area (Å²) in [5.41, 5.74) is 6.16. The number of allylic oxidation sites excluding steroid dienone is 1. The Labute approximate surface area is 250 Å². The van der Waals surface area contributed by atoms with E-state index in [1.807, 2.05) is 11.3 Å². The normalized spacial score (nSPS) is 26.2. The number of anilines is 2. The van der Waals surface area contributed by atoms with Gasteiger partial charge in [-0.05, 0) is 110 Å². The Kier molecular flexibility index (Phi) is 7.21. The summed E-state index contributed by atoms with van der Waals surface area (Å²) < 4.78 is 0. The van der Waals surface area contributed by atoms with Crippen LogP contribution < -0.4 is 9.80 Å². The smallest absolute Gasteiger partial charge is 0.127 e. The molecule has 5 saturated carbocycles. The van der Waals surface area contributed by atoms with Gasteiger partial charge in [0.25, 0.3) is 0 Å². The molecule has 0 saturated heterocycles. The predicted octanol–water partition coefficient (Wildman–Crippen LogP) is 9.34. The summed E-state index contributed by atoms with van der Waals surface area (Å²) in [4.78, 5) is 15.7. The second kappa shape index (κ2) is 10.9. The minimum Gasteiger partial charge on any atom is -0.363 e. The fraction of sp³-hybridized carbons (Fsp3) is 0.556. The fourth-order valence-electron chi connectivity index (χ4n) is 8.02. The van der Waals surface area contributed by atoms with Gasteiger partial charge in [0.2, 0.25) is 0 Å². The monoisotopic (exact) mass is 566 g/mol. The maximum atomic E-state index is 4.82. The van der Waals surface area contributed by atoms with Gasteiger partial charge in [0, 0.05) is 50.3 Å². The molecule has 4 nitrogen and oxygen atoms in total. The Morgan fingerprint density at radius 1 is 0.902 bits per heavy atom. The molecule has 3 aromatic rings. The lowest BCUT2D eigenvalue weighted by Crippen LogP contribution is -2.49. The molecule has 0 spiro atoms. The minimum absolute atomic E-state index is 0.316. The number of pyridine rings is 1. The molecule has 5 fully saturated rings. The van der Waals surface area contributed by atoms with Crippen LogP contribution in [0.1, 0.15) is 100.0 Å². The molecule has 0 unspecified atom stereocenters. The minimum atomic E-state index is 0.316. The molecule has 41 heavy (non-hydrogen) atoms. The molecule has 216 valence electrons. The van der Waals surface area contributed by atoms with Crippen LogP contribution in [0.15, 0.2) is 61.1 Å². The number of nitrogens with zero attached hydrogens (tertiary/aromatic N) is 4. The quantitative estimate of drug-likeness (QED) is 0.258. The van der Waals surface area contributed by atoms with Gasteiger partial charge in [0.1, 0.15) is 5.82 Å². The van der Waals surface area contributed by atoms with Crippen LogP contribution in [0, 0.1) is 11.3 Å². The maximum Gasteiger partial charge on any atom is 0.127 e. The molecule has 8 rings (SSSR count). The van der Waals surface area contributed by atoms with Crippen molar-refractivity contribution in [2.45, 2.75) is 94.8 Å². The average Bonchev–Trinajstić information content (AvgIpc) is 3.77. The van der Waals surface area contributed by atoms with Crippen LogP contribution in [0.2, 0.25) is 0 Å². The highest BCUT2D eigenvalue weighted by molar-refractivity contribution is 7.15. The lowest BCUT2D eigenvalue weighted by molar-refractivity contribution is 0.0459. The summed E-state index contributed by atoms with van der Waals surface area (Å²) >= 11 is 1.90. The molecule has 5 heteroatoms. The third-order valence-corrected chi connectivity index (χ3v) is 12.2. The topological polar surface area (TPSA) is 32.3 Å². The molecule has 0 amide bonds. The van der Waals surface area contributed by atoms with Crippen LogP contribution >= 0.6 is 11.3 Å². The third kappa shape index (κ3) is 5.35. The Morgan fingerprint density at radius 3 is 2.32 bits per heavy atom. The SMILES string of the molecule is C=C(C1CCCCC1)N(CC12CCC(c3ccc(N(C)C)nc3)(CC1)CC2)c1cccc(-c2cnc(C3CC3)s2)c1. The van der Waals surface area contributed by atoms with Crippen LogP contribution in [0.4, 0.5) is 11.5 Å². The lowest BCUT2D eigenvalue weighted by atomic mass is 9.52. The molecular formula is C36H46N4S. The standard InChI is InChI=1S/C36H46N4S/c1-26(27-8-5-4-6-9-27)40(31-11-7-10-29(22-31)32-24-38-34(41-32)28-12-13-28)25-35-16-19-36(20-17-35,21-18-35)30-14-15-33(37-23-30)39(2)3/h7,10-11,14-15,22-24,27-28H,1,4-6,8-9,12-13,16-21,25H2,2-3H3. The van der Waals surface area contributed by atoms with E-state index < -0.39 is 0 Å². The molecule has 0 aliphatic heterocycles. The molecule has 5 aliphatic rings. The van der Waals surface area contributed by atoms with Crippen molar-refractivity contribution in [2.24, 2.45) is 11.3 Å². The van der Waals surface area contributed by atoms with E-state index in [0.717, 1.165) is 12.4 Å². The number of benzene rings is 1. The summed E-state index contributed by atoms with van der Waals surface area (Å²) in [5, 5.41) is 1.33. The van der Waals surface area contributed by atoms with E-state index in [9.17, 15) is 0 Å². The van der Waals surface area contributed by atoms with E-state index in [4.69, 9.17) is 16.5 Å². The number of rotatable bonds is 9. The van der Waals surface area contributed by atoms with E-state index in [0.29, 0.717) is 22.7 Å². The zero-order valence-electron chi connectivity index (χ0n) is 25.1. The zero-order chi connectivity index (χ0) is 28.0. The van der Waals surface area contributed by atoms with Crippen LogP contribution in [0.25, 0.3) is 10.4 Å². The number of hydrogen-bond acceptors (Lipinski definition) is 5. The summed E-state index contributed by atoms with van der Waals surface area (Å²) in [6.45, 7) is 5.93. The first-order valence-corrected chi connectivity index (χ1v) is 16.9. The Balaban J connectivity index is 1.14. The summed E-state index contributed by atoms with van der Waals surface area (Å²) in [5.74, 6) is 2.37. The van der Waals surface area contributed by atoms with E-state index in [-0.39, 0.29) is 0 Å². The first-order chi connectivity index (χ1) is 19.9. The van der Waals surface area contributed by atoms with Crippen molar-refractivity contribution >= 4 is 22.8 Å². The highest BCUT2D eigenvalue weighted by Gasteiger charge is 2.50. The van der Waals surface area contributed by atoms with Gasteiger partial charge in [0.15, 0.2) is 0 Å². The van der Waals surface area contributed by atoms with Gasteiger partial charge >= 0.3 is 0 Å². The van der Waals surface area contributed by atoms with Crippen molar-refractivity contribution in [2.75, 3.05) is 30.4 Å². The second-order valence-corrected chi connectivity index (χ2v) is 14.9. The van der Waals surface area contributed by atoms with Gasteiger partial charge in [-0.2, -0.15) is 0 Å². The summed E-state index contributed by atoms with van der Waals surface area (Å²) in [6, 6.07) is 13.9. The Hall–Kier alpha value is -2.66. The second-order valence-electron chi connectivity index (χ2n) is 13.9. The number of aromatic nitrogens is 2. The molecule has 0 radical (unpaired) electrons. The molecule has 1 aromatic carbocycles. The lowest BCUT2D eigenvalue weighted by Gasteiger charge is -2.55. The van der Waals surface area contributed by atoms with Crippen molar-refractivity contribution in [1.29, 1.82) is 0 Å². The molecule has 2 bridgehead atoms. The Bertz CT molecular complexity index is 1350. The fourth-order valence-corrected chi connectivity index (χ4v) is 9.10. The van der Waals surface area contributed by atoms with E-state index in [1.54, 1.807) is 0 Å². The first-order valence-electron chi connectivity index (χ1n) is 16.1. The van der Waals surface area contributed by atoms with Crippen LogP contribution in [-0.4, -0.2) is 30.6 Å². The third-order valence-electron chi connectivity index (χ3n) is 11.0. The van der Waals surface area contributed by atoms with E-state index >= 15 is 0 Å². The van der Waals surface area contributed by atoms with Gasteiger partial charge in [-0.25, -0.2) is 9.97 Å². The molecule has 2 aromatic heterocycles. The first kappa shape index (κ1) is 27.2. The molecule has 0 atom stereocenters. The van der Waals surface area contributed by atoms with Gasteiger partial charge in [-0.15, -0.1) is 11.3 Å². The molecule has 5 aliphatic carbocycles. The summed E-state index contributed by atoms with van der Waals surface area (Å²) in [6.07, 6.45) is 21.3. The van der Waals surface area contributed by atoms with Crippen LogP contribution in [0.5, 0.6) is 0 Å².